The van der Waals surface area contributed by atoms with Crippen LogP contribution in [0.25, 0.3) is 0 Å². The van der Waals surface area contributed by atoms with E-state index >= 15 is 0 Å². The summed E-state index contributed by atoms with van der Waals surface area (Å²) in [4.78, 5) is 53.0. The van der Waals surface area contributed by atoms with Gasteiger partial charge in [0.05, 0.1) is 7.11 Å². The molecule has 2 aromatic rings. The van der Waals surface area contributed by atoms with Gasteiger partial charge in [0.15, 0.2) is 13.1 Å². The molecule has 0 aromatic heterocycles. The molecule has 2 aromatic carbocycles. The van der Waals surface area contributed by atoms with Crippen molar-refractivity contribution in [3.63, 3.8) is 0 Å². The summed E-state index contributed by atoms with van der Waals surface area (Å²) in [6.07, 6.45) is 5.37. The highest BCUT2D eigenvalue weighted by atomic mass is 32.2. The van der Waals surface area contributed by atoms with Gasteiger partial charge in [-0.3, -0.25) is 14.4 Å². The molecule has 3 heterocycles. The van der Waals surface area contributed by atoms with E-state index in [1.165, 1.54) is 12.7 Å². The van der Waals surface area contributed by atoms with Gasteiger partial charge >= 0.3 is 12.0 Å². The van der Waals surface area contributed by atoms with Crippen LogP contribution in [0, 0.1) is 11.3 Å². The van der Waals surface area contributed by atoms with Crippen molar-refractivity contribution in [3.05, 3.63) is 82.9 Å². The summed E-state index contributed by atoms with van der Waals surface area (Å²) in [5.41, 5.74) is 1.57. The first-order valence-corrected chi connectivity index (χ1v) is 19.4. The van der Waals surface area contributed by atoms with Crippen LogP contribution in [-0.4, -0.2) is 83.0 Å². The van der Waals surface area contributed by atoms with E-state index in [0.29, 0.717) is 31.8 Å². The average molecular weight is 735 g/mol. The predicted molar refractivity (Wildman–Crippen MR) is 203 cm³/mol. The van der Waals surface area contributed by atoms with Gasteiger partial charge in [-0.15, -0.1) is 4.70 Å². The molecular formula is C40H56N5O6S+. The summed E-state index contributed by atoms with van der Waals surface area (Å²) in [7, 11) is 1.24. The Kier molecular flexibility index (Phi) is 14.6. The summed E-state index contributed by atoms with van der Waals surface area (Å²) < 4.78 is 6.43. The molecular weight excluding hydrogens is 679 g/mol. The van der Waals surface area contributed by atoms with Crippen molar-refractivity contribution in [1.29, 1.82) is 0 Å². The number of methoxy groups -OCH3 is 1. The molecule has 52 heavy (non-hydrogen) atoms. The molecule has 2 bridgehead atoms. The van der Waals surface area contributed by atoms with Gasteiger partial charge in [-0.2, -0.15) is 11.8 Å². The summed E-state index contributed by atoms with van der Waals surface area (Å²) in [6.45, 7) is 10.1. The third-order valence-electron chi connectivity index (χ3n) is 9.65. The molecule has 0 unspecified atom stereocenters. The standard InChI is InChI=1S/C40H55N5O6S/c1-27(2)33-35(46)41-21-8-7-10-28-11-13-29(14-12-28)24-40(50,37(48)42-33)20-9-22-45(44-36(47)34(39(3,4)5)43-38(49)51-6)25-30-15-17-31(18-16-30)32-19-23-52-26-32/h7-8,11-18,27,32-34,50H,9-10,19-26H2,1-6H3,(H2-,41,42,43,46,48,49)/p+1/b8-7-,45-44?/t32-,33+,34-,40-/m1/s1. The van der Waals surface area contributed by atoms with Gasteiger partial charge in [0, 0.05) is 35.8 Å². The molecule has 0 radical (unpaired) electrons. The van der Waals surface area contributed by atoms with Crippen LogP contribution in [-0.2, 0) is 38.5 Å². The van der Waals surface area contributed by atoms with Crippen LogP contribution in [0.4, 0.5) is 4.79 Å². The molecule has 0 aliphatic carbocycles. The van der Waals surface area contributed by atoms with Crippen LogP contribution in [0.5, 0.6) is 0 Å². The molecule has 282 valence electrons. The maximum Gasteiger partial charge on any atom is 0.407 e. The van der Waals surface area contributed by atoms with Crippen molar-refractivity contribution < 1.29 is 33.7 Å². The Hall–Kier alpha value is -4.03. The number of nitrogens with one attached hydrogen (secondary N) is 3. The summed E-state index contributed by atoms with van der Waals surface area (Å²) in [5.74, 6) is 1.09. The van der Waals surface area contributed by atoms with Crippen LogP contribution in [0.3, 0.4) is 0 Å². The van der Waals surface area contributed by atoms with Gasteiger partial charge in [-0.25, -0.2) is 4.79 Å². The maximum atomic E-state index is 14.0. The molecule has 0 saturated carbocycles. The van der Waals surface area contributed by atoms with Crippen molar-refractivity contribution in [2.24, 2.45) is 16.4 Å². The summed E-state index contributed by atoms with van der Waals surface area (Å²) in [5, 5.41) is 25.0. The number of ether oxygens (including phenoxy) is 1. The predicted octanol–water partition coefficient (Wildman–Crippen LogP) is 5.29. The van der Waals surface area contributed by atoms with E-state index < -0.39 is 41.0 Å². The molecule has 4 amide bonds. The first kappa shape index (κ1) is 40.7. The van der Waals surface area contributed by atoms with Crippen molar-refractivity contribution in [2.45, 2.75) is 96.9 Å². The Balaban J connectivity index is 1.61. The van der Waals surface area contributed by atoms with E-state index in [2.05, 4.69) is 45.3 Å². The smallest absolute Gasteiger partial charge is 0.407 e. The molecule has 5 rings (SSSR count). The number of carbonyl (C=O) groups excluding carboxylic acids is 4. The normalized spacial score (nSPS) is 22.9. The zero-order valence-corrected chi connectivity index (χ0v) is 32.3. The lowest BCUT2D eigenvalue weighted by atomic mass is 9.86. The number of hydrogen-bond acceptors (Lipinski definition) is 7. The van der Waals surface area contributed by atoms with Crippen LogP contribution < -0.4 is 16.0 Å². The molecule has 3 aliphatic heterocycles. The highest BCUT2D eigenvalue weighted by Gasteiger charge is 2.40. The Bertz CT molecular complexity index is 1600. The molecule has 0 spiro atoms. The largest absolute Gasteiger partial charge is 0.453 e. The fourth-order valence-electron chi connectivity index (χ4n) is 6.44. The molecule has 4 N–H and O–H groups in total. The Labute approximate surface area is 312 Å². The molecule has 12 heteroatoms. The number of thioether (sulfide) groups is 1. The van der Waals surface area contributed by atoms with Gasteiger partial charge < -0.3 is 25.8 Å². The fraction of sp³-hybridized carbons (Fsp3) is 0.550. The number of aliphatic hydroxyl groups is 1. The van der Waals surface area contributed by atoms with Gasteiger partial charge in [0.25, 0.3) is 5.91 Å². The van der Waals surface area contributed by atoms with Gasteiger partial charge in [-0.05, 0) is 59.0 Å². The second-order valence-corrected chi connectivity index (χ2v) is 16.5. The lowest BCUT2D eigenvalue weighted by Gasteiger charge is -2.30. The lowest BCUT2D eigenvalue weighted by molar-refractivity contribution is -0.605. The highest BCUT2D eigenvalue weighted by Crippen LogP contribution is 2.32. The number of amides is 4. The van der Waals surface area contributed by atoms with E-state index in [0.717, 1.165) is 34.6 Å². The monoisotopic (exact) mass is 734 g/mol. The van der Waals surface area contributed by atoms with Crippen molar-refractivity contribution in [2.75, 3.05) is 31.7 Å². The first-order valence-electron chi connectivity index (χ1n) is 18.2. The number of carbonyl (C=O) groups is 4. The number of hydrogen-bond donors (Lipinski definition) is 4. The highest BCUT2D eigenvalue weighted by molar-refractivity contribution is 7.99. The minimum atomic E-state index is -1.86. The third-order valence-corrected chi connectivity index (χ3v) is 10.8. The van der Waals surface area contributed by atoms with Crippen molar-refractivity contribution in [1.82, 2.24) is 16.0 Å². The fourth-order valence-corrected chi connectivity index (χ4v) is 7.70. The Morgan fingerprint density at radius 2 is 1.77 bits per heavy atom. The van der Waals surface area contributed by atoms with Gasteiger partial charge in [0.1, 0.15) is 17.7 Å². The number of azo groups is 2. The van der Waals surface area contributed by atoms with E-state index in [-0.39, 0.29) is 31.2 Å². The Morgan fingerprint density at radius 1 is 1.08 bits per heavy atom. The number of fused-ring (bicyclic) bond motifs is 11. The number of alkyl carbamates (subject to hydrolysis) is 1. The van der Waals surface area contributed by atoms with Gasteiger partial charge in [0.2, 0.25) is 5.91 Å². The molecule has 4 atom stereocenters. The zero-order chi connectivity index (χ0) is 37.9. The van der Waals surface area contributed by atoms with Crippen LogP contribution in [0.2, 0.25) is 0 Å². The molecule has 3 aliphatic rings. The van der Waals surface area contributed by atoms with E-state index in [1.54, 1.807) is 4.70 Å². The number of rotatable bonds is 10. The number of benzene rings is 2. The minimum absolute atomic E-state index is 0.0352. The van der Waals surface area contributed by atoms with Crippen LogP contribution in [0.15, 0.2) is 65.8 Å². The zero-order valence-electron chi connectivity index (χ0n) is 31.4. The first-order chi connectivity index (χ1) is 24.7. The Morgan fingerprint density at radius 3 is 2.38 bits per heavy atom. The van der Waals surface area contributed by atoms with E-state index in [1.807, 2.05) is 82.8 Å². The summed E-state index contributed by atoms with van der Waals surface area (Å²) in [6, 6.07) is 14.4. The van der Waals surface area contributed by atoms with Gasteiger partial charge in [-0.1, -0.05) is 95.3 Å². The quantitative estimate of drug-likeness (QED) is 0.147. The van der Waals surface area contributed by atoms with Crippen LogP contribution >= 0.6 is 11.8 Å². The maximum absolute atomic E-state index is 14.0. The van der Waals surface area contributed by atoms with Crippen molar-refractivity contribution in [3.8, 4) is 0 Å². The number of nitrogens with zero attached hydrogens (tertiary/aromatic N) is 2. The summed E-state index contributed by atoms with van der Waals surface area (Å²) >= 11 is 1.96. The van der Waals surface area contributed by atoms with E-state index in [9.17, 15) is 24.3 Å². The minimum Gasteiger partial charge on any atom is -0.453 e. The molecule has 1 fully saturated rings. The molecule has 1 saturated heterocycles. The second-order valence-electron chi connectivity index (χ2n) is 15.3. The number of allylic oxidation sites excluding steroid dienone is 1. The van der Waals surface area contributed by atoms with Crippen LogP contribution in [0.1, 0.15) is 82.1 Å². The van der Waals surface area contributed by atoms with E-state index in [4.69, 9.17) is 4.74 Å². The third kappa shape index (κ3) is 11.7. The molecule has 11 nitrogen and oxygen atoms in total. The second kappa shape index (κ2) is 18.6. The lowest BCUT2D eigenvalue weighted by Crippen LogP contribution is -2.57. The average Bonchev–Trinajstić information content (AvgIpc) is 3.64. The van der Waals surface area contributed by atoms with Crippen molar-refractivity contribution >= 4 is 35.6 Å². The SMILES string of the molecule is COC(=O)N[C@H](C(=O)N=[N+](CCC[C@@]1(O)Cc2ccc(cc2)C/C=C\CNC(=O)[C@H](C(C)C)NC1=O)Cc1ccc([C@@H]2CCSC2)cc1)C(C)(C)C. The topological polar surface area (TPSA) is 149 Å².